The molecule has 0 radical (unpaired) electrons. The quantitative estimate of drug-likeness (QED) is 0.558. The molecule has 1 atom stereocenters. The molecule has 0 aliphatic heterocycles. The Kier molecular flexibility index (Phi) is 4.22. The molecule has 0 aromatic rings. The Morgan fingerprint density at radius 2 is 1.93 bits per heavy atom. The molecule has 0 bridgehead atoms. The van der Waals surface area contributed by atoms with Crippen molar-refractivity contribution >= 4 is 0 Å². The highest BCUT2D eigenvalue weighted by Crippen LogP contribution is 2.40. The van der Waals surface area contributed by atoms with Crippen molar-refractivity contribution in [2.45, 2.75) is 53.4 Å². The molecule has 0 aromatic heterocycles. The van der Waals surface area contributed by atoms with E-state index in [-0.39, 0.29) is 0 Å². The molecule has 0 heterocycles. The molecule has 0 N–H and O–H groups in total. The lowest BCUT2D eigenvalue weighted by Crippen LogP contribution is -2.24. The van der Waals surface area contributed by atoms with Gasteiger partial charge in [-0.15, -0.1) is 0 Å². The summed E-state index contributed by atoms with van der Waals surface area (Å²) in [6.07, 6.45) is 5.60. The van der Waals surface area contributed by atoms with Gasteiger partial charge in [0, 0.05) is 0 Å². The summed E-state index contributed by atoms with van der Waals surface area (Å²) < 4.78 is 0. The van der Waals surface area contributed by atoms with Crippen LogP contribution in [0.3, 0.4) is 0 Å². The van der Waals surface area contributed by atoms with Gasteiger partial charge in [-0.3, -0.25) is 0 Å². The van der Waals surface area contributed by atoms with Gasteiger partial charge < -0.3 is 0 Å². The molecule has 0 saturated heterocycles. The molecule has 1 aliphatic rings. The summed E-state index contributed by atoms with van der Waals surface area (Å²) in [6, 6.07) is 0. The minimum atomic E-state index is 0.664. The zero-order chi connectivity index (χ0) is 10.7. The lowest BCUT2D eigenvalue weighted by atomic mass is 9.70. The molecule has 1 fully saturated rings. The fraction of sp³-hybridized carbons (Fsp3) is 0.857. The average molecular weight is 194 g/mol. The number of hydrogen-bond donors (Lipinski definition) is 0. The third-order valence-corrected chi connectivity index (χ3v) is 3.85. The lowest BCUT2D eigenvalue weighted by molar-refractivity contribution is 0.177. The SMILES string of the molecule is C=C(C(C)C)C(CC)CC1CC(C)C1. The minimum Gasteiger partial charge on any atom is -0.0993 e. The Balaban J connectivity index is 2.35. The maximum atomic E-state index is 4.26. The zero-order valence-electron chi connectivity index (χ0n) is 10.3. The number of rotatable bonds is 5. The molecular formula is C14H26. The molecule has 0 spiro atoms. The van der Waals surface area contributed by atoms with E-state index in [1.165, 1.54) is 31.3 Å². The van der Waals surface area contributed by atoms with Crippen LogP contribution in [0.2, 0.25) is 0 Å². The highest BCUT2D eigenvalue weighted by atomic mass is 14.3. The van der Waals surface area contributed by atoms with Gasteiger partial charge in [0.1, 0.15) is 0 Å². The van der Waals surface area contributed by atoms with Gasteiger partial charge in [-0.25, -0.2) is 0 Å². The van der Waals surface area contributed by atoms with Crippen molar-refractivity contribution in [1.82, 2.24) is 0 Å². The van der Waals surface area contributed by atoms with Crippen LogP contribution in [0, 0.1) is 23.7 Å². The minimum absolute atomic E-state index is 0.664. The Bertz CT molecular complexity index is 184. The van der Waals surface area contributed by atoms with Crippen LogP contribution in [0.4, 0.5) is 0 Å². The van der Waals surface area contributed by atoms with Crippen molar-refractivity contribution in [3.8, 4) is 0 Å². The second kappa shape index (κ2) is 5.00. The van der Waals surface area contributed by atoms with Crippen molar-refractivity contribution in [2.75, 3.05) is 0 Å². The zero-order valence-corrected chi connectivity index (χ0v) is 10.3. The van der Waals surface area contributed by atoms with Crippen LogP contribution in [0.25, 0.3) is 0 Å². The third kappa shape index (κ3) is 2.87. The molecule has 0 aromatic carbocycles. The van der Waals surface area contributed by atoms with Crippen molar-refractivity contribution in [1.29, 1.82) is 0 Å². The fourth-order valence-electron chi connectivity index (χ4n) is 2.72. The van der Waals surface area contributed by atoms with Crippen LogP contribution in [0.5, 0.6) is 0 Å². The largest absolute Gasteiger partial charge is 0.0993 e. The lowest BCUT2D eigenvalue weighted by Gasteiger charge is -2.36. The van der Waals surface area contributed by atoms with Gasteiger partial charge in [-0.05, 0) is 49.4 Å². The number of allylic oxidation sites excluding steroid dienone is 1. The van der Waals surface area contributed by atoms with E-state index in [9.17, 15) is 0 Å². The van der Waals surface area contributed by atoms with Gasteiger partial charge in [-0.2, -0.15) is 0 Å². The van der Waals surface area contributed by atoms with E-state index in [0.717, 1.165) is 17.8 Å². The second-order valence-corrected chi connectivity index (χ2v) is 5.51. The highest BCUT2D eigenvalue weighted by Gasteiger charge is 2.28. The highest BCUT2D eigenvalue weighted by molar-refractivity contribution is 5.04. The van der Waals surface area contributed by atoms with Crippen molar-refractivity contribution in [2.24, 2.45) is 23.7 Å². The molecular weight excluding hydrogens is 168 g/mol. The first kappa shape index (κ1) is 11.8. The summed E-state index contributed by atoms with van der Waals surface area (Å²) in [7, 11) is 0. The summed E-state index contributed by atoms with van der Waals surface area (Å²) >= 11 is 0. The molecule has 0 heteroatoms. The van der Waals surface area contributed by atoms with E-state index in [2.05, 4.69) is 34.3 Å². The van der Waals surface area contributed by atoms with Gasteiger partial charge in [0.15, 0.2) is 0 Å². The van der Waals surface area contributed by atoms with Gasteiger partial charge >= 0.3 is 0 Å². The Morgan fingerprint density at radius 1 is 1.36 bits per heavy atom. The standard InChI is InChI=1S/C14H26/c1-6-14(12(5)10(2)3)9-13-7-11(4)8-13/h10-11,13-14H,5-9H2,1-4H3. The molecule has 14 heavy (non-hydrogen) atoms. The monoisotopic (exact) mass is 194 g/mol. The first-order valence-corrected chi connectivity index (χ1v) is 6.23. The average Bonchev–Trinajstić information content (AvgIpc) is 2.09. The van der Waals surface area contributed by atoms with E-state index in [1.807, 2.05) is 0 Å². The summed E-state index contributed by atoms with van der Waals surface area (Å²) in [5.41, 5.74) is 1.48. The van der Waals surface area contributed by atoms with Gasteiger partial charge in [0.05, 0.1) is 0 Å². The Morgan fingerprint density at radius 3 is 2.29 bits per heavy atom. The maximum absolute atomic E-state index is 4.26. The Labute approximate surface area is 89.8 Å². The van der Waals surface area contributed by atoms with Gasteiger partial charge in [-0.1, -0.05) is 39.8 Å². The molecule has 0 amide bonds. The van der Waals surface area contributed by atoms with E-state index >= 15 is 0 Å². The number of hydrogen-bond acceptors (Lipinski definition) is 0. The van der Waals surface area contributed by atoms with E-state index < -0.39 is 0 Å². The smallest absolute Gasteiger partial charge is 0.0203 e. The predicted octanol–water partition coefficient (Wildman–Crippen LogP) is 4.66. The van der Waals surface area contributed by atoms with Gasteiger partial charge in [0.2, 0.25) is 0 Å². The van der Waals surface area contributed by atoms with Crippen LogP contribution in [-0.4, -0.2) is 0 Å². The van der Waals surface area contributed by atoms with Crippen molar-refractivity contribution < 1.29 is 0 Å². The van der Waals surface area contributed by atoms with E-state index in [4.69, 9.17) is 0 Å². The van der Waals surface area contributed by atoms with Gasteiger partial charge in [0.25, 0.3) is 0 Å². The maximum Gasteiger partial charge on any atom is -0.0203 e. The molecule has 1 saturated carbocycles. The topological polar surface area (TPSA) is 0 Å². The normalized spacial score (nSPS) is 28.6. The van der Waals surface area contributed by atoms with Crippen molar-refractivity contribution in [3.63, 3.8) is 0 Å². The second-order valence-electron chi connectivity index (χ2n) is 5.51. The van der Waals surface area contributed by atoms with Crippen LogP contribution < -0.4 is 0 Å². The molecule has 1 aliphatic carbocycles. The van der Waals surface area contributed by atoms with Crippen LogP contribution in [0.1, 0.15) is 53.4 Å². The summed E-state index contributed by atoms with van der Waals surface area (Å²) in [6.45, 7) is 13.5. The molecule has 1 unspecified atom stereocenters. The summed E-state index contributed by atoms with van der Waals surface area (Å²) in [4.78, 5) is 0. The molecule has 0 nitrogen and oxygen atoms in total. The van der Waals surface area contributed by atoms with Crippen LogP contribution in [-0.2, 0) is 0 Å². The summed E-state index contributed by atoms with van der Waals surface area (Å²) in [5.74, 6) is 3.44. The Hall–Kier alpha value is -0.260. The first-order chi connectivity index (χ1) is 6.54. The molecule has 82 valence electrons. The van der Waals surface area contributed by atoms with Crippen LogP contribution >= 0.6 is 0 Å². The molecule has 1 rings (SSSR count). The predicted molar refractivity (Wildman–Crippen MR) is 64.3 cm³/mol. The first-order valence-electron chi connectivity index (χ1n) is 6.23. The van der Waals surface area contributed by atoms with E-state index in [1.54, 1.807) is 0 Å². The third-order valence-electron chi connectivity index (χ3n) is 3.85. The fourth-order valence-corrected chi connectivity index (χ4v) is 2.72. The van der Waals surface area contributed by atoms with Crippen LogP contribution in [0.15, 0.2) is 12.2 Å². The summed E-state index contributed by atoms with van der Waals surface area (Å²) in [5, 5.41) is 0. The van der Waals surface area contributed by atoms with Crippen molar-refractivity contribution in [3.05, 3.63) is 12.2 Å². The van der Waals surface area contributed by atoms with E-state index in [0.29, 0.717) is 5.92 Å².